The smallest absolute Gasteiger partial charge is 0.319 e. The summed E-state index contributed by atoms with van der Waals surface area (Å²) in [5.41, 5.74) is 0.135. The average Bonchev–Trinajstić information content (AvgIpc) is 2.60. The van der Waals surface area contributed by atoms with Crippen LogP contribution in [0.3, 0.4) is 0 Å². The topological polar surface area (TPSA) is 36.0 Å². The summed E-state index contributed by atoms with van der Waals surface area (Å²) in [6, 6.07) is 0.131. The number of hydrogen-bond donors (Lipinski definition) is 0. The van der Waals surface area contributed by atoms with E-state index in [0.29, 0.717) is 0 Å². The Bertz CT molecular complexity index is 322. The molecule has 5 nitrogen and oxygen atoms in total. The van der Waals surface area contributed by atoms with E-state index < -0.39 is 0 Å². The zero-order valence-corrected chi connectivity index (χ0v) is 12.5. The van der Waals surface area contributed by atoms with Crippen molar-refractivity contribution in [1.82, 2.24) is 14.7 Å². The molecule has 2 aliphatic heterocycles. The van der Waals surface area contributed by atoms with Gasteiger partial charge in [-0.2, -0.15) is 0 Å². The number of likely N-dealkylation sites (N-methyl/N-ethyl adjacent to an activating group) is 1. The summed E-state index contributed by atoms with van der Waals surface area (Å²) in [5.74, 6) is 0. The molecular formula is C14H27N3O2. The van der Waals surface area contributed by atoms with E-state index in [4.69, 9.17) is 4.74 Å². The Hall–Kier alpha value is -0.810. The monoisotopic (exact) mass is 269 g/mol. The van der Waals surface area contributed by atoms with Gasteiger partial charge in [-0.3, -0.25) is 0 Å². The van der Waals surface area contributed by atoms with Gasteiger partial charge in [0.15, 0.2) is 0 Å². The Morgan fingerprint density at radius 3 is 2.79 bits per heavy atom. The van der Waals surface area contributed by atoms with Gasteiger partial charge in [0.2, 0.25) is 0 Å². The van der Waals surface area contributed by atoms with Gasteiger partial charge in [-0.15, -0.1) is 0 Å². The van der Waals surface area contributed by atoms with Crippen LogP contribution >= 0.6 is 0 Å². The predicted octanol–water partition coefficient (Wildman–Crippen LogP) is 1.10. The number of ether oxygens (including phenoxy) is 1. The van der Waals surface area contributed by atoms with E-state index in [1.54, 1.807) is 4.90 Å². The summed E-state index contributed by atoms with van der Waals surface area (Å²) < 4.78 is 5.82. The van der Waals surface area contributed by atoms with Crippen LogP contribution in [0.25, 0.3) is 0 Å². The lowest BCUT2D eigenvalue weighted by Gasteiger charge is -2.44. The highest BCUT2D eigenvalue weighted by Gasteiger charge is 2.40. The van der Waals surface area contributed by atoms with Crippen molar-refractivity contribution >= 4 is 6.03 Å². The highest BCUT2D eigenvalue weighted by atomic mass is 16.5. The molecule has 0 aromatic carbocycles. The van der Waals surface area contributed by atoms with Crippen molar-refractivity contribution in [1.29, 1.82) is 0 Å². The number of rotatable bonds is 1. The molecule has 2 heterocycles. The van der Waals surface area contributed by atoms with E-state index >= 15 is 0 Å². The van der Waals surface area contributed by atoms with Crippen LogP contribution in [0.5, 0.6) is 0 Å². The second-order valence-corrected chi connectivity index (χ2v) is 6.12. The van der Waals surface area contributed by atoms with Gasteiger partial charge in [-0.05, 0) is 19.4 Å². The summed E-state index contributed by atoms with van der Waals surface area (Å²) >= 11 is 0. The fraction of sp³-hybridized carbons (Fsp3) is 0.929. The second kappa shape index (κ2) is 6.09. The summed E-state index contributed by atoms with van der Waals surface area (Å²) in [6.07, 6.45) is 2.25. The van der Waals surface area contributed by atoms with Crippen LogP contribution in [0.1, 0.15) is 19.8 Å². The molecule has 0 radical (unpaired) electrons. The van der Waals surface area contributed by atoms with E-state index in [2.05, 4.69) is 11.8 Å². The molecule has 0 N–H and O–H groups in total. The molecule has 1 spiro atoms. The largest absolute Gasteiger partial charge is 0.379 e. The number of carbonyl (C=O) groups is 1. The molecule has 110 valence electrons. The minimum atomic E-state index is 0.131. The van der Waals surface area contributed by atoms with Crippen LogP contribution in [0.2, 0.25) is 0 Å². The Labute approximate surface area is 116 Å². The summed E-state index contributed by atoms with van der Waals surface area (Å²) in [7, 11) is 3.65. The molecule has 2 aliphatic rings. The first-order valence-corrected chi connectivity index (χ1v) is 7.33. The molecule has 0 aromatic rings. The highest BCUT2D eigenvalue weighted by Crippen LogP contribution is 2.33. The third kappa shape index (κ3) is 3.39. The SMILES string of the molecule is CCN1CCOC[C@]2(CCCN(C(=O)N(C)C)C2)C1. The molecule has 2 fully saturated rings. The predicted molar refractivity (Wildman–Crippen MR) is 75.3 cm³/mol. The Morgan fingerprint density at radius 2 is 2.11 bits per heavy atom. The lowest BCUT2D eigenvalue weighted by atomic mass is 9.80. The van der Waals surface area contributed by atoms with E-state index in [1.165, 1.54) is 6.42 Å². The van der Waals surface area contributed by atoms with Crippen molar-refractivity contribution < 1.29 is 9.53 Å². The molecule has 5 heteroatoms. The molecular weight excluding hydrogens is 242 g/mol. The maximum absolute atomic E-state index is 12.2. The normalized spacial score (nSPS) is 29.3. The van der Waals surface area contributed by atoms with Gasteiger partial charge in [0.05, 0.1) is 13.2 Å². The number of likely N-dealkylation sites (tertiary alicyclic amines) is 1. The van der Waals surface area contributed by atoms with Crippen LogP contribution in [0.15, 0.2) is 0 Å². The number of hydrogen-bond acceptors (Lipinski definition) is 3. The van der Waals surface area contributed by atoms with E-state index in [0.717, 1.165) is 52.4 Å². The van der Waals surface area contributed by atoms with Crippen molar-refractivity contribution in [3.8, 4) is 0 Å². The van der Waals surface area contributed by atoms with Crippen LogP contribution < -0.4 is 0 Å². The van der Waals surface area contributed by atoms with Crippen LogP contribution in [0, 0.1) is 5.41 Å². The van der Waals surface area contributed by atoms with E-state index in [-0.39, 0.29) is 11.4 Å². The van der Waals surface area contributed by atoms with Crippen molar-refractivity contribution in [3.05, 3.63) is 0 Å². The van der Waals surface area contributed by atoms with Crippen molar-refractivity contribution in [2.75, 3.05) is 60.0 Å². The fourth-order valence-electron chi connectivity index (χ4n) is 3.25. The number of nitrogens with zero attached hydrogens (tertiary/aromatic N) is 3. The van der Waals surface area contributed by atoms with Crippen molar-refractivity contribution in [2.45, 2.75) is 19.8 Å². The molecule has 1 atom stereocenters. The summed E-state index contributed by atoms with van der Waals surface area (Å²) in [5, 5.41) is 0. The number of urea groups is 1. The first-order chi connectivity index (χ1) is 9.06. The van der Waals surface area contributed by atoms with E-state index in [1.807, 2.05) is 19.0 Å². The minimum Gasteiger partial charge on any atom is -0.379 e. The second-order valence-electron chi connectivity index (χ2n) is 6.12. The fourth-order valence-corrected chi connectivity index (χ4v) is 3.25. The van der Waals surface area contributed by atoms with Gasteiger partial charge in [-0.25, -0.2) is 4.79 Å². The standard InChI is InChI=1S/C14H27N3O2/c1-4-16-8-9-19-12-14(10-16)6-5-7-17(11-14)13(18)15(2)3/h4-12H2,1-3H3/t14-/m1/s1. The highest BCUT2D eigenvalue weighted by molar-refractivity contribution is 5.74. The molecule has 2 saturated heterocycles. The van der Waals surface area contributed by atoms with Crippen molar-refractivity contribution in [2.24, 2.45) is 5.41 Å². The third-order valence-corrected chi connectivity index (χ3v) is 4.28. The first-order valence-electron chi connectivity index (χ1n) is 7.33. The van der Waals surface area contributed by atoms with Crippen LogP contribution in [-0.2, 0) is 4.74 Å². The van der Waals surface area contributed by atoms with Gasteiger partial charge in [-0.1, -0.05) is 6.92 Å². The quantitative estimate of drug-likeness (QED) is 0.715. The van der Waals surface area contributed by atoms with Gasteiger partial charge in [0.1, 0.15) is 0 Å². The average molecular weight is 269 g/mol. The molecule has 0 unspecified atom stereocenters. The molecule has 0 aliphatic carbocycles. The van der Waals surface area contributed by atoms with Crippen LogP contribution in [0.4, 0.5) is 4.79 Å². The Kier molecular flexibility index (Phi) is 4.68. The molecule has 0 aromatic heterocycles. The number of carbonyl (C=O) groups excluding carboxylic acids is 1. The number of piperidine rings is 1. The van der Waals surface area contributed by atoms with Gasteiger partial charge >= 0.3 is 6.03 Å². The summed E-state index contributed by atoms with van der Waals surface area (Å²) in [6.45, 7) is 8.65. The zero-order valence-electron chi connectivity index (χ0n) is 12.5. The Morgan fingerprint density at radius 1 is 1.32 bits per heavy atom. The van der Waals surface area contributed by atoms with Crippen molar-refractivity contribution in [3.63, 3.8) is 0 Å². The lowest BCUT2D eigenvalue weighted by Crippen LogP contribution is -2.54. The number of amides is 2. The molecule has 2 amide bonds. The lowest BCUT2D eigenvalue weighted by molar-refractivity contribution is 0.0144. The maximum atomic E-state index is 12.2. The molecule has 0 saturated carbocycles. The third-order valence-electron chi connectivity index (χ3n) is 4.28. The van der Waals surface area contributed by atoms with Gasteiger partial charge in [0, 0.05) is 45.7 Å². The molecule has 0 bridgehead atoms. The van der Waals surface area contributed by atoms with E-state index in [9.17, 15) is 4.79 Å². The van der Waals surface area contributed by atoms with Crippen LogP contribution in [-0.4, -0.2) is 80.8 Å². The maximum Gasteiger partial charge on any atom is 0.319 e. The van der Waals surface area contributed by atoms with Gasteiger partial charge < -0.3 is 19.4 Å². The molecule has 2 rings (SSSR count). The zero-order chi connectivity index (χ0) is 13.9. The van der Waals surface area contributed by atoms with Gasteiger partial charge in [0.25, 0.3) is 0 Å². The summed E-state index contributed by atoms with van der Waals surface area (Å²) in [4.78, 5) is 18.3. The first kappa shape index (κ1) is 14.6. The minimum absolute atomic E-state index is 0.131. The Balaban J connectivity index is 2.07. The molecule has 19 heavy (non-hydrogen) atoms.